The number of piperazine rings is 1. The van der Waals surface area contributed by atoms with Crippen molar-refractivity contribution in [2.75, 3.05) is 45.8 Å². The number of hydrogen-bond acceptors (Lipinski definition) is 4. The largest absolute Gasteiger partial charge is 0.342 e. The summed E-state index contributed by atoms with van der Waals surface area (Å²) >= 11 is 0. The van der Waals surface area contributed by atoms with E-state index in [0.717, 1.165) is 36.8 Å². The Hall–Kier alpha value is -2.67. The second-order valence-corrected chi connectivity index (χ2v) is 8.34. The predicted octanol–water partition coefficient (Wildman–Crippen LogP) is 1.70. The molecule has 4 rings (SSSR count). The lowest BCUT2D eigenvalue weighted by atomic mass is 10.1. The van der Waals surface area contributed by atoms with Crippen molar-refractivity contribution >= 4 is 22.7 Å². The topological polar surface area (TPSA) is 65.9 Å². The summed E-state index contributed by atoms with van der Waals surface area (Å²) in [5, 5.41) is 0.795. The Kier molecular flexibility index (Phi) is 6.18. The van der Waals surface area contributed by atoms with Crippen LogP contribution in [0.15, 0.2) is 35.1 Å². The Labute approximate surface area is 176 Å². The lowest BCUT2D eigenvalue weighted by Gasteiger charge is -2.35. The molecule has 0 bridgehead atoms. The van der Waals surface area contributed by atoms with Crippen LogP contribution in [0.3, 0.4) is 0 Å². The number of benzene rings is 1. The maximum absolute atomic E-state index is 13.2. The van der Waals surface area contributed by atoms with Crippen LogP contribution in [-0.2, 0) is 11.8 Å². The van der Waals surface area contributed by atoms with E-state index in [-0.39, 0.29) is 17.4 Å². The second kappa shape index (κ2) is 9.00. The molecule has 1 aromatic carbocycles. The van der Waals surface area contributed by atoms with Crippen LogP contribution in [0.4, 0.5) is 0 Å². The van der Waals surface area contributed by atoms with Crippen LogP contribution in [0.2, 0.25) is 0 Å². The molecule has 7 nitrogen and oxygen atoms in total. The number of fused-ring (bicyclic) bond motifs is 1. The number of aryl methyl sites for hydroxylation is 1. The fourth-order valence-corrected chi connectivity index (χ4v) is 4.48. The summed E-state index contributed by atoms with van der Waals surface area (Å²) in [6.45, 7) is 4.64. The molecule has 0 aliphatic carbocycles. The second-order valence-electron chi connectivity index (χ2n) is 8.34. The number of carbonyl (C=O) groups excluding carboxylic acids is 2. The van der Waals surface area contributed by atoms with Gasteiger partial charge < -0.3 is 14.4 Å². The van der Waals surface area contributed by atoms with Gasteiger partial charge in [0.25, 0.3) is 11.5 Å². The third-order valence-electron chi connectivity index (χ3n) is 6.36. The lowest BCUT2D eigenvalue weighted by Crippen LogP contribution is -2.51. The van der Waals surface area contributed by atoms with Gasteiger partial charge in [0.05, 0.1) is 17.6 Å². The molecule has 0 saturated carbocycles. The molecule has 0 atom stereocenters. The van der Waals surface area contributed by atoms with Crippen molar-refractivity contribution in [3.8, 4) is 0 Å². The van der Waals surface area contributed by atoms with Gasteiger partial charge in [0, 0.05) is 57.8 Å². The molecule has 0 spiro atoms. The molecule has 2 fully saturated rings. The summed E-state index contributed by atoms with van der Waals surface area (Å²) in [5.74, 6) is 0.0941. The maximum Gasteiger partial charge on any atom is 0.254 e. The molecule has 2 amide bonds. The molecule has 160 valence electrons. The minimum Gasteiger partial charge on any atom is -0.342 e. The van der Waals surface area contributed by atoms with Crippen LogP contribution in [0.5, 0.6) is 0 Å². The normalized spacial score (nSPS) is 18.4. The van der Waals surface area contributed by atoms with E-state index in [2.05, 4.69) is 4.90 Å². The first kappa shape index (κ1) is 20.6. The summed E-state index contributed by atoms with van der Waals surface area (Å²) in [7, 11) is 1.72. The number of amides is 2. The van der Waals surface area contributed by atoms with Gasteiger partial charge >= 0.3 is 0 Å². The number of carbonyl (C=O) groups is 2. The van der Waals surface area contributed by atoms with Crippen molar-refractivity contribution in [3.63, 3.8) is 0 Å². The number of rotatable bonds is 3. The molecule has 2 aliphatic rings. The lowest BCUT2D eigenvalue weighted by molar-refractivity contribution is -0.132. The van der Waals surface area contributed by atoms with Crippen LogP contribution in [-0.4, -0.2) is 76.9 Å². The fourth-order valence-electron chi connectivity index (χ4n) is 4.48. The fraction of sp³-hybridized carbons (Fsp3) is 0.522. The van der Waals surface area contributed by atoms with Crippen molar-refractivity contribution in [2.24, 2.45) is 7.05 Å². The summed E-state index contributed by atoms with van der Waals surface area (Å²) in [5.41, 5.74) is 1.04. The molecule has 1 aromatic heterocycles. The van der Waals surface area contributed by atoms with Crippen molar-refractivity contribution in [2.45, 2.75) is 25.7 Å². The van der Waals surface area contributed by atoms with Gasteiger partial charge in [-0.05, 0) is 18.9 Å². The molecule has 0 radical (unpaired) electrons. The Balaban J connectivity index is 1.40. The Morgan fingerprint density at radius 1 is 0.867 bits per heavy atom. The van der Waals surface area contributed by atoms with Gasteiger partial charge in [0.1, 0.15) is 0 Å². The van der Waals surface area contributed by atoms with Gasteiger partial charge in [-0.25, -0.2) is 0 Å². The SMILES string of the molecule is Cn1c(=O)cc(C(=O)N2CCN(CC(=O)N3CCCCCC3)CC2)c2ccccc21. The number of hydrogen-bond donors (Lipinski definition) is 0. The van der Waals surface area contributed by atoms with E-state index in [1.807, 2.05) is 29.2 Å². The predicted molar refractivity (Wildman–Crippen MR) is 117 cm³/mol. The monoisotopic (exact) mass is 410 g/mol. The average molecular weight is 411 g/mol. The van der Waals surface area contributed by atoms with Crippen LogP contribution in [0, 0.1) is 0 Å². The van der Waals surface area contributed by atoms with Gasteiger partial charge in [0.15, 0.2) is 0 Å². The highest BCUT2D eigenvalue weighted by molar-refractivity contribution is 6.06. The first-order valence-electron chi connectivity index (χ1n) is 10.9. The number of nitrogens with zero attached hydrogens (tertiary/aromatic N) is 4. The third-order valence-corrected chi connectivity index (χ3v) is 6.36. The van der Waals surface area contributed by atoms with E-state index in [1.54, 1.807) is 16.5 Å². The highest BCUT2D eigenvalue weighted by Crippen LogP contribution is 2.19. The standard InChI is InChI=1S/C23H30N4O3/c1-24-20-9-5-4-8-18(20)19(16-21(24)28)23(30)27-14-12-25(13-15-27)17-22(29)26-10-6-2-3-7-11-26/h4-5,8-9,16H,2-3,6-7,10-15,17H2,1H3. The maximum atomic E-state index is 13.2. The van der Waals surface area contributed by atoms with Gasteiger partial charge in [-0.2, -0.15) is 0 Å². The number of likely N-dealkylation sites (tertiary alicyclic amines) is 1. The summed E-state index contributed by atoms with van der Waals surface area (Å²) in [6.07, 6.45) is 4.61. The quantitative estimate of drug-likeness (QED) is 0.773. The summed E-state index contributed by atoms with van der Waals surface area (Å²) in [6, 6.07) is 8.95. The minimum absolute atomic E-state index is 0.109. The molecule has 30 heavy (non-hydrogen) atoms. The van der Waals surface area contributed by atoms with Gasteiger partial charge in [-0.15, -0.1) is 0 Å². The highest BCUT2D eigenvalue weighted by atomic mass is 16.2. The molecular weight excluding hydrogens is 380 g/mol. The van der Waals surface area contributed by atoms with E-state index < -0.39 is 0 Å². The molecule has 7 heteroatoms. The van der Waals surface area contributed by atoms with Crippen LogP contribution in [0.25, 0.3) is 10.9 Å². The zero-order chi connectivity index (χ0) is 21.1. The van der Waals surface area contributed by atoms with E-state index >= 15 is 0 Å². The van der Waals surface area contributed by atoms with E-state index in [9.17, 15) is 14.4 Å². The van der Waals surface area contributed by atoms with Crippen molar-refractivity contribution in [1.29, 1.82) is 0 Å². The molecular formula is C23H30N4O3. The number of pyridine rings is 1. The van der Waals surface area contributed by atoms with E-state index in [4.69, 9.17) is 0 Å². The molecule has 2 aliphatic heterocycles. The smallest absolute Gasteiger partial charge is 0.254 e. The summed E-state index contributed by atoms with van der Waals surface area (Å²) < 4.78 is 1.57. The molecule has 3 heterocycles. The molecule has 0 unspecified atom stereocenters. The van der Waals surface area contributed by atoms with E-state index in [1.165, 1.54) is 18.9 Å². The summed E-state index contributed by atoms with van der Waals surface area (Å²) in [4.78, 5) is 44.1. The Bertz CT molecular complexity index is 984. The average Bonchev–Trinajstić information content (AvgIpc) is 3.06. The van der Waals surface area contributed by atoms with Crippen LogP contribution in [0.1, 0.15) is 36.0 Å². The third kappa shape index (κ3) is 4.26. The molecule has 2 saturated heterocycles. The van der Waals surface area contributed by atoms with E-state index in [0.29, 0.717) is 38.3 Å². The minimum atomic E-state index is -0.182. The van der Waals surface area contributed by atoms with Crippen molar-refractivity contribution in [1.82, 2.24) is 19.3 Å². The Morgan fingerprint density at radius 3 is 2.23 bits per heavy atom. The Morgan fingerprint density at radius 2 is 1.53 bits per heavy atom. The van der Waals surface area contributed by atoms with Crippen molar-refractivity contribution in [3.05, 3.63) is 46.2 Å². The van der Waals surface area contributed by atoms with Crippen LogP contribution >= 0.6 is 0 Å². The first-order valence-corrected chi connectivity index (χ1v) is 10.9. The zero-order valence-corrected chi connectivity index (χ0v) is 17.7. The number of aromatic nitrogens is 1. The van der Waals surface area contributed by atoms with Crippen molar-refractivity contribution < 1.29 is 9.59 Å². The first-order chi connectivity index (χ1) is 14.5. The molecule has 0 N–H and O–H groups in total. The molecule has 2 aromatic rings. The van der Waals surface area contributed by atoms with Gasteiger partial charge in [-0.1, -0.05) is 31.0 Å². The van der Waals surface area contributed by atoms with Gasteiger partial charge in [0.2, 0.25) is 5.91 Å². The zero-order valence-electron chi connectivity index (χ0n) is 17.7. The highest BCUT2D eigenvalue weighted by Gasteiger charge is 2.26. The van der Waals surface area contributed by atoms with Gasteiger partial charge in [-0.3, -0.25) is 19.3 Å². The van der Waals surface area contributed by atoms with Crippen LogP contribution < -0.4 is 5.56 Å². The number of para-hydroxylation sites is 1.